The lowest BCUT2D eigenvalue weighted by Crippen LogP contribution is -2.22. The standard InChI is InChI=1S/C14H20N2OS/c1-2-6-16-7-3-4-13(16)9-15-10-14(17)12-5-8-18-11-12/h3-5,7-8,11,14-15,17H,2,6,9-10H2,1H3. The lowest BCUT2D eigenvalue weighted by Gasteiger charge is -2.12. The van der Waals surface area contributed by atoms with Gasteiger partial charge in [0.1, 0.15) is 0 Å². The maximum Gasteiger partial charge on any atom is 0.0922 e. The van der Waals surface area contributed by atoms with Crippen molar-refractivity contribution in [1.82, 2.24) is 9.88 Å². The molecule has 2 rings (SSSR count). The predicted molar refractivity (Wildman–Crippen MR) is 75.7 cm³/mol. The lowest BCUT2D eigenvalue weighted by atomic mass is 10.2. The summed E-state index contributed by atoms with van der Waals surface area (Å²) in [6.45, 7) is 4.62. The van der Waals surface area contributed by atoms with E-state index >= 15 is 0 Å². The van der Waals surface area contributed by atoms with Crippen molar-refractivity contribution in [2.45, 2.75) is 32.5 Å². The Morgan fingerprint density at radius 3 is 3.06 bits per heavy atom. The molecule has 0 aliphatic carbocycles. The smallest absolute Gasteiger partial charge is 0.0922 e. The molecule has 2 N–H and O–H groups in total. The van der Waals surface area contributed by atoms with E-state index < -0.39 is 6.10 Å². The zero-order chi connectivity index (χ0) is 12.8. The highest BCUT2D eigenvalue weighted by Gasteiger charge is 2.07. The van der Waals surface area contributed by atoms with Gasteiger partial charge < -0.3 is 15.0 Å². The minimum absolute atomic E-state index is 0.411. The summed E-state index contributed by atoms with van der Waals surface area (Å²) >= 11 is 1.62. The first kappa shape index (κ1) is 13.3. The topological polar surface area (TPSA) is 37.2 Å². The van der Waals surface area contributed by atoms with E-state index in [1.807, 2.05) is 16.8 Å². The van der Waals surface area contributed by atoms with Crippen LogP contribution in [0.25, 0.3) is 0 Å². The molecule has 0 aromatic carbocycles. The Balaban J connectivity index is 1.79. The SMILES string of the molecule is CCCn1cccc1CNCC(O)c1ccsc1. The summed E-state index contributed by atoms with van der Waals surface area (Å²) in [4.78, 5) is 0. The molecule has 0 aliphatic heterocycles. The summed E-state index contributed by atoms with van der Waals surface area (Å²) in [6, 6.07) is 6.17. The molecule has 2 aromatic heterocycles. The summed E-state index contributed by atoms with van der Waals surface area (Å²) in [7, 11) is 0. The van der Waals surface area contributed by atoms with Gasteiger partial charge in [0.2, 0.25) is 0 Å². The third-order valence-electron chi connectivity index (χ3n) is 2.96. The number of aliphatic hydroxyl groups excluding tert-OH is 1. The van der Waals surface area contributed by atoms with E-state index in [4.69, 9.17) is 0 Å². The van der Waals surface area contributed by atoms with E-state index in [9.17, 15) is 5.11 Å². The highest BCUT2D eigenvalue weighted by molar-refractivity contribution is 7.07. The number of rotatable bonds is 7. The summed E-state index contributed by atoms with van der Waals surface area (Å²) in [5.74, 6) is 0. The third-order valence-corrected chi connectivity index (χ3v) is 3.66. The van der Waals surface area contributed by atoms with Crippen LogP contribution in [0, 0.1) is 0 Å². The van der Waals surface area contributed by atoms with Gasteiger partial charge in [0.25, 0.3) is 0 Å². The largest absolute Gasteiger partial charge is 0.387 e. The van der Waals surface area contributed by atoms with Gasteiger partial charge in [0, 0.05) is 31.5 Å². The molecule has 0 saturated carbocycles. The molecule has 0 radical (unpaired) electrons. The van der Waals surface area contributed by atoms with Crippen LogP contribution in [0.5, 0.6) is 0 Å². The van der Waals surface area contributed by atoms with Crippen LogP contribution in [0.3, 0.4) is 0 Å². The lowest BCUT2D eigenvalue weighted by molar-refractivity contribution is 0.174. The maximum atomic E-state index is 9.95. The van der Waals surface area contributed by atoms with Crippen molar-refractivity contribution in [2.24, 2.45) is 0 Å². The van der Waals surface area contributed by atoms with E-state index in [-0.39, 0.29) is 0 Å². The van der Waals surface area contributed by atoms with Crippen molar-refractivity contribution < 1.29 is 5.11 Å². The van der Waals surface area contributed by atoms with Crippen LogP contribution in [0.2, 0.25) is 0 Å². The molecule has 4 heteroatoms. The fourth-order valence-electron chi connectivity index (χ4n) is 1.99. The summed E-state index contributed by atoms with van der Waals surface area (Å²) < 4.78 is 2.25. The van der Waals surface area contributed by atoms with Crippen LogP contribution >= 0.6 is 11.3 Å². The van der Waals surface area contributed by atoms with E-state index in [0.717, 1.165) is 25.1 Å². The summed E-state index contributed by atoms with van der Waals surface area (Å²) in [5, 5.41) is 17.2. The normalized spacial score (nSPS) is 12.8. The Kier molecular flexibility index (Phi) is 4.99. The molecule has 18 heavy (non-hydrogen) atoms. The molecule has 98 valence electrons. The number of hydrogen-bond donors (Lipinski definition) is 2. The molecule has 0 amide bonds. The zero-order valence-corrected chi connectivity index (χ0v) is 11.5. The molecule has 3 nitrogen and oxygen atoms in total. The highest BCUT2D eigenvalue weighted by atomic mass is 32.1. The van der Waals surface area contributed by atoms with Crippen molar-refractivity contribution in [3.05, 3.63) is 46.4 Å². The van der Waals surface area contributed by atoms with Crippen LogP contribution in [0.15, 0.2) is 35.2 Å². The van der Waals surface area contributed by atoms with Gasteiger partial charge in [-0.25, -0.2) is 0 Å². The molecule has 0 aliphatic rings. The fraction of sp³-hybridized carbons (Fsp3) is 0.429. The number of thiophene rings is 1. The predicted octanol–water partition coefficient (Wildman–Crippen LogP) is 2.78. The number of nitrogens with one attached hydrogen (secondary N) is 1. The zero-order valence-electron chi connectivity index (χ0n) is 10.7. The van der Waals surface area contributed by atoms with Crippen molar-refractivity contribution >= 4 is 11.3 Å². The number of aromatic nitrogens is 1. The average molecular weight is 264 g/mol. The van der Waals surface area contributed by atoms with Crippen LogP contribution in [0.1, 0.15) is 30.7 Å². The second kappa shape index (κ2) is 6.73. The first-order chi connectivity index (χ1) is 8.81. The average Bonchev–Trinajstić information content (AvgIpc) is 3.01. The highest BCUT2D eigenvalue weighted by Crippen LogP contribution is 2.15. The van der Waals surface area contributed by atoms with Gasteiger partial charge in [-0.1, -0.05) is 6.92 Å². The molecule has 0 saturated heterocycles. The Hall–Kier alpha value is -1.10. The molecular formula is C14H20N2OS. The van der Waals surface area contributed by atoms with Crippen molar-refractivity contribution in [1.29, 1.82) is 0 Å². The minimum atomic E-state index is -0.411. The molecule has 0 bridgehead atoms. The van der Waals surface area contributed by atoms with Crippen LogP contribution in [-0.4, -0.2) is 16.2 Å². The molecule has 1 atom stereocenters. The van der Waals surface area contributed by atoms with Gasteiger partial charge in [-0.15, -0.1) is 0 Å². The van der Waals surface area contributed by atoms with Gasteiger partial charge in [-0.3, -0.25) is 0 Å². The number of aliphatic hydroxyl groups is 1. The van der Waals surface area contributed by atoms with E-state index in [2.05, 4.69) is 35.1 Å². The number of nitrogens with zero attached hydrogens (tertiary/aromatic N) is 1. The monoisotopic (exact) mass is 264 g/mol. The first-order valence-corrected chi connectivity index (χ1v) is 7.30. The van der Waals surface area contributed by atoms with Crippen molar-refractivity contribution in [3.8, 4) is 0 Å². The van der Waals surface area contributed by atoms with E-state index in [0.29, 0.717) is 6.54 Å². The van der Waals surface area contributed by atoms with Gasteiger partial charge >= 0.3 is 0 Å². The van der Waals surface area contributed by atoms with E-state index in [1.165, 1.54) is 5.69 Å². The quantitative estimate of drug-likeness (QED) is 0.807. The van der Waals surface area contributed by atoms with Crippen LogP contribution < -0.4 is 5.32 Å². The second-order valence-corrected chi connectivity index (χ2v) is 5.18. The third kappa shape index (κ3) is 3.45. The second-order valence-electron chi connectivity index (χ2n) is 4.40. The minimum Gasteiger partial charge on any atom is -0.387 e. The molecule has 2 aromatic rings. The molecule has 0 fully saturated rings. The molecule has 1 unspecified atom stereocenters. The summed E-state index contributed by atoms with van der Waals surface area (Å²) in [6.07, 6.45) is 2.83. The molecule has 2 heterocycles. The molecular weight excluding hydrogens is 244 g/mol. The van der Waals surface area contributed by atoms with Gasteiger partial charge in [-0.2, -0.15) is 11.3 Å². The Bertz CT molecular complexity index is 450. The Morgan fingerprint density at radius 2 is 2.33 bits per heavy atom. The van der Waals surface area contributed by atoms with Gasteiger partial charge in [0.15, 0.2) is 0 Å². The van der Waals surface area contributed by atoms with Crippen molar-refractivity contribution in [3.63, 3.8) is 0 Å². The van der Waals surface area contributed by atoms with Gasteiger partial charge in [0.05, 0.1) is 6.10 Å². The molecule has 0 spiro atoms. The van der Waals surface area contributed by atoms with Crippen LogP contribution in [0.4, 0.5) is 0 Å². The van der Waals surface area contributed by atoms with Gasteiger partial charge in [-0.05, 0) is 40.9 Å². The maximum absolute atomic E-state index is 9.95. The van der Waals surface area contributed by atoms with Crippen LogP contribution in [-0.2, 0) is 13.1 Å². The van der Waals surface area contributed by atoms with E-state index in [1.54, 1.807) is 11.3 Å². The summed E-state index contributed by atoms with van der Waals surface area (Å²) in [5.41, 5.74) is 2.27. The fourth-order valence-corrected chi connectivity index (χ4v) is 2.70. The number of aryl methyl sites for hydroxylation is 1. The number of hydrogen-bond acceptors (Lipinski definition) is 3. The first-order valence-electron chi connectivity index (χ1n) is 6.36. The van der Waals surface area contributed by atoms with Crippen molar-refractivity contribution in [2.75, 3.05) is 6.54 Å². The Labute approximate surface area is 112 Å². The Morgan fingerprint density at radius 1 is 1.44 bits per heavy atom.